The normalized spacial score (nSPS) is 15.3. The quantitative estimate of drug-likeness (QED) is 0.936. The van der Waals surface area contributed by atoms with Crippen LogP contribution in [0.2, 0.25) is 0 Å². The van der Waals surface area contributed by atoms with Crippen molar-refractivity contribution in [3.8, 4) is 11.5 Å². The van der Waals surface area contributed by atoms with Crippen molar-refractivity contribution in [3.63, 3.8) is 0 Å². The summed E-state index contributed by atoms with van der Waals surface area (Å²) in [5.74, 6) is -1.94. The second-order valence-electron chi connectivity index (χ2n) is 5.09. The highest BCUT2D eigenvalue weighted by Crippen LogP contribution is 2.22. The van der Waals surface area contributed by atoms with Crippen LogP contribution in [-0.4, -0.2) is 40.1 Å². The molecule has 1 aliphatic heterocycles. The number of hydrogen-bond acceptors (Lipinski definition) is 5. The van der Waals surface area contributed by atoms with Gasteiger partial charge in [-0.25, -0.2) is 8.78 Å². The molecule has 0 unspecified atom stereocenters. The second-order valence-corrected chi connectivity index (χ2v) is 5.09. The lowest BCUT2D eigenvalue weighted by atomic mass is 10.2. The van der Waals surface area contributed by atoms with Crippen LogP contribution in [-0.2, 0) is 4.79 Å². The van der Waals surface area contributed by atoms with E-state index in [2.05, 4.69) is 15.5 Å². The molecule has 0 radical (unpaired) electrons. The van der Waals surface area contributed by atoms with Crippen LogP contribution in [0.5, 0.6) is 0 Å². The van der Waals surface area contributed by atoms with Crippen LogP contribution in [0.4, 0.5) is 14.8 Å². The van der Waals surface area contributed by atoms with E-state index in [0.717, 1.165) is 31.6 Å². The van der Waals surface area contributed by atoms with Gasteiger partial charge in [0.25, 0.3) is 0 Å². The summed E-state index contributed by atoms with van der Waals surface area (Å²) >= 11 is 0. The first-order valence-electron chi connectivity index (χ1n) is 6.89. The Morgan fingerprint density at radius 2 is 2.09 bits per heavy atom. The van der Waals surface area contributed by atoms with Crippen molar-refractivity contribution < 1.29 is 18.0 Å². The lowest BCUT2D eigenvalue weighted by molar-refractivity contribution is -0.135. The van der Waals surface area contributed by atoms with E-state index in [1.54, 1.807) is 11.8 Å². The Morgan fingerprint density at radius 1 is 1.32 bits per heavy atom. The van der Waals surface area contributed by atoms with E-state index < -0.39 is 17.7 Å². The number of hydrogen-bond donors (Lipinski definition) is 1. The van der Waals surface area contributed by atoms with Gasteiger partial charge in [-0.15, -0.1) is 5.10 Å². The molecule has 0 bridgehead atoms. The summed E-state index contributed by atoms with van der Waals surface area (Å²) in [5.41, 5.74) is 0.265. The molecule has 0 aliphatic carbocycles. The average Bonchev–Trinajstić information content (AvgIpc) is 2.88. The van der Waals surface area contributed by atoms with Gasteiger partial charge in [0.2, 0.25) is 11.8 Å². The number of aromatic nitrogens is 2. The third-order valence-electron chi connectivity index (χ3n) is 3.47. The molecule has 1 atom stereocenters. The molecule has 8 heteroatoms. The maximum atomic E-state index is 13.2. The summed E-state index contributed by atoms with van der Waals surface area (Å²) in [6.45, 7) is 3.21. The van der Waals surface area contributed by atoms with Gasteiger partial charge in [0.1, 0.15) is 6.04 Å². The Balaban J connectivity index is 1.70. The van der Waals surface area contributed by atoms with Crippen molar-refractivity contribution in [1.29, 1.82) is 0 Å². The third-order valence-corrected chi connectivity index (χ3v) is 3.47. The summed E-state index contributed by atoms with van der Waals surface area (Å²) in [6, 6.07) is 2.85. The predicted molar refractivity (Wildman–Crippen MR) is 73.9 cm³/mol. The molecule has 0 spiro atoms. The molecule has 2 heterocycles. The molecular weight excluding hydrogens is 294 g/mol. The number of nitrogens with one attached hydrogen (secondary N) is 1. The first-order valence-corrected chi connectivity index (χ1v) is 6.89. The highest BCUT2D eigenvalue weighted by Gasteiger charge is 2.26. The topological polar surface area (TPSA) is 71.3 Å². The molecule has 1 N–H and O–H groups in total. The Bertz CT molecular complexity index is 700. The fourth-order valence-corrected chi connectivity index (χ4v) is 2.08. The molecule has 116 valence electrons. The molecule has 1 aromatic heterocycles. The second kappa shape index (κ2) is 5.70. The smallest absolute Gasteiger partial charge is 0.316 e. The molecule has 1 aliphatic rings. The SMILES string of the molecule is C[C@@H](Nc1nnc(-c2ccc(F)c(F)c2)o1)C(=O)N1CCC1. The Kier molecular flexibility index (Phi) is 3.74. The maximum Gasteiger partial charge on any atom is 0.316 e. The molecule has 1 fully saturated rings. The lowest BCUT2D eigenvalue weighted by Crippen LogP contribution is -2.48. The summed E-state index contributed by atoms with van der Waals surface area (Å²) in [6.07, 6.45) is 1.01. The van der Waals surface area contributed by atoms with Gasteiger partial charge < -0.3 is 14.6 Å². The van der Waals surface area contributed by atoms with E-state index in [4.69, 9.17) is 4.42 Å². The van der Waals surface area contributed by atoms with Gasteiger partial charge in [-0.2, -0.15) is 0 Å². The van der Waals surface area contributed by atoms with E-state index in [0.29, 0.717) is 0 Å². The predicted octanol–water partition coefficient (Wildman–Crippen LogP) is 2.05. The van der Waals surface area contributed by atoms with E-state index >= 15 is 0 Å². The molecule has 6 nitrogen and oxygen atoms in total. The molecule has 1 aromatic carbocycles. The van der Waals surface area contributed by atoms with Gasteiger partial charge in [0, 0.05) is 18.7 Å². The van der Waals surface area contributed by atoms with E-state index in [-0.39, 0.29) is 23.4 Å². The minimum atomic E-state index is -0.994. The van der Waals surface area contributed by atoms with Gasteiger partial charge in [-0.3, -0.25) is 4.79 Å². The fourth-order valence-electron chi connectivity index (χ4n) is 2.08. The van der Waals surface area contributed by atoms with Gasteiger partial charge in [0.15, 0.2) is 11.6 Å². The van der Waals surface area contributed by atoms with Gasteiger partial charge >= 0.3 is 6.01 Å². The molecule has 0 saturated carbocycles. The van der Waals surface area contributed by atoms with E-state index in [1.807, 2.05) is 0 Å². The summed E-state index contributed by atoms with van der Waals surface area (Å²) in [7, 11) is 0. The summed E-state index contributed by atoms with van der Waals surface area (Å²) < 4.78 is 31.4. The lowest BCUT2D eigenvalue weighted by Gasteiger charge is -2.33. The minimum absolute atomic E-state index is 0.0428. The van der Waals surface area contributed by atoms with Crippen molar-refractivity contribution in [2.45, 2.75) is 19.4 Å². The number of benzene rings is 1. The standard InChI is InChI=1S/C14H14F2N4O2/c1-8(13(21)20-5-2-6-20)17-14-19-18-12(22-14)9-3-4-10(15)11(16)7-9/h3-4,7-8H,2,5-6H2,1H3,(H,17,19)/t8-/m1/s1. The Hall–Kier alpha value is -2.51. The number of nitrogens with zero attached hydrogens (tertiary/aromatic N) is 3. The van der Waals surface area contributed by atoms with E-state index in [1.165, 1.54) is 6.07 Å². The number of likely N-dealkylation sites (tertiary alicyclic amines) is 1. The van der Waals surface area contributed by atoms with Crippen molar-refractivity contribution in [2.24, 2.45) is 0 Å². The third kappa shape index (κ3) is 2.76. The number of amides is 1. The highest BCUT2D eigenvalue weighted by molar-refractivity contribution is 5.84. The molecule has 2 aromatic rings. The van der Waals surface area contributed by atoms with Crippen molar-refractivity contribution in [2.75, 3.05) is 18.4 Å². The van der Waals surface area contributed by atoms with Gasteiger partial charge in [-0.05, 0) is 31.5 Å². The zero-order chi connectivity index (χ0) is 15.7. The largest absolute Gasteiger partial charge is 0.403 e. The van der Waals surface area contributed by atoms with Crippen LogP contribution < -0.4 is 5.32 Å². The van der Waals surface area contributed by atoms with Crippen LogP contribution in [0, 0.1) is 11.6 Å². The minimum Gasteiger partial charge on any atom is -0.403 e. The average molecular weight is 308 g/mol. The first kappa shape index (κ1) is 14.4. The monoisotopic (exact) mass is 308 g/mol. The number of carbonyl (C=O) groups excluding carboxylic acids is 1. The van der Waals surface area contributed by atoms with Crippen LogP contribution in [0.15, 0.2) is 22.6 Å². The van der Waals surface area contributed by atoms with Crippen LogP contribution in [0.25, 0.3) is 11.5 Å². The molecule has 1 saturated heterocycles. The number of rotatable bonds is 4. The summed E-state index contributed by atoms with van der Waals surface area (Å²) in [4.78, 5) is 13.7. The van der Waals surface area contributed by atoms with E-state index in [9.17, 15) is 13.6 Å². The zero-order valence-electron chi connectivity index (χ0n) is 11.8. The molecule has 1 amide bonds. The maximum absolute atomic E-state index is 13.2. The fraction of sp³-hybridized carbons (Fsp3) is 0.357. The Morgan fingerprint density at radius 3 is 2.73 bits per heavy atom. The van der Waals surface area contributed by atoms with Gasteiger partial charge in [-0.1, -0.05) is 5.10 Å². The first-order chi connectivity index (χ1) is 10.5. The molecular formula is C14H14F2N4O2. The number of carbonyl (C=O) groups is 1. The van der Waals surface area contributed by atoms with Crippen LogP contribution in [0.3, 0.4) is 0 Å². The number of anilines is 1. The molecule has 22 heavy (non-hydrogen) atoms. The highest BCUT2D eigenvalue weighted by atomic mass is 19.2. The van der Waals surface area contributed by atoms with Crippen LogP contribution in [0.1, 0.15) is 13.3 Å². The van der Waals surface area contributed by atoms with Crippen molar-refractivity contribution >= 4 is 11.9 Å². The zero-order valence-corrected chi connectivity index (χ0v) is 11.8. The summed E-state index contributed by atoms with van der Waals surface area (Å²) in [5, 5.41) is 10.3. The van der Waals surface area contributed by atoms with Crippen molar-refractivity contribution in [3.05, 3.63) is 29.8 Å². The van der Waals surface area contributed by atoms with Crippen LogP contribution >= 0.6 is 0 Å². The molecule has 3 rings (SSSR count). The Labute approximate surface area is 125 Å². The number of halogens is 2. The van der Waals surface area contributed by atoms with Gasteiger partial charge in [0.05, 0.1) is 0 Å². The van der Waals surface area contributed by atoms with Crippen molar-refractivity contribution in [1.82, 2.24) is 15.1 Å².